The third-order valence-electron chi connectivity index (χ3n) is 7.87. The molecule has 9 rings (SSSR count). The zero-order valence-electron chi connectivity index (χ0n) is 21.3. The molecule has 2 nitrogen and oxygen atoms in total. The van der Waals surface area contributed by atoms with Gasteiger partial charge in [0.05, 0.1) is 20.4 Å². The van der Waals surface area contributed by atoms with Gasteiger partial charge in [0.2, 0.25) is 0 Å². The minimum absolute atomic E-state index is 1.03. The molecule has 9 aromatic rings. The molecule has 186 valence electrons. The van der Waals surface area contributed by atoms with Gasteiger partial charge in [-0.15, -0.1) is 22.7 Å². The Balaban J connectivity index is 1.27. The highest BCUT2D eigenvalue weighted by Crippen LogP contribution is 2.43. The molecular formula is C36H20N2S2. The molecule has 4 heteroatoms. The molecule has 0 radical (unpaired) electrons. The molecule has 0 unspecified atom stereocenters. The van der Waals surface area contributed by atoms with Crippen molar-refractivity contribution in [3.63, 3.8) is 0 Å². The Labute approximate surface area is 237 Å². The Morgan fingerprint density at radius 2 is 0.700 bits per heavy atom. The maximum atomic E-state index is 5.21. The van der Waals surface area contributed by atoms with Crippen molar-refractivity contribution in [2.24, 2.45) is 0 Å². The van der Waals surface area contributed by atoms with Gasteiger partial charge in [-0.05, 0) is 67.4 Å². The van der Waals surface area contributed by atoms with Crippen molar-refractivity contribution in [1.82, 2.24) is 9.97 Å². The highest BCUT2D eigenvalue weighted by Gasteiger charge is 2.18. The van der Waals surface area contributed by atoms with E-state index < -0.39 is 0 Å². The van der Waals surface area contributed by atoms with Crippen LogP contribution >= 0.6 is 22.7 Å². The zero-order chi connectivity index (χ0) is 26.2. The molecule has 2 aromatic heterocycles. The molecule has 40 heavy (non-hydrogen) atoms. The van der Waals surface area contributed by atoms with Crippen LogP contribution in [0.3, 0.4) is 0 Å². The number of nitrogens with zero attached hydrogens (tertiary/aromatic N) is 2. The van der Waals surface area contributed by atoms with Crippen LogP contribution < -0.4 is 0 Å². The first kappa shape index (κ1) is 22.2. The van der Waals surface area contributed by atoms with Gasteiger partial charge >= 0.3 is 0 Å². The minimum Gasteiger partial charge on any atom is -0.236 e. The topological polar surface area (TPSA) is 25.8 Å². The van der Waals surface area contributed by atoms with E-state index in [2.05, 4.69) is 121 Å². The van der Waals surface area contributed by atoms with Gasteiger partial charge in [0.25, 0.3) is 0 Å². The Hall–Kier alpha value is -4.64. The predicted octanol–water partition coefficient (Wildman–Crippen LogP) is 10.9. The van der Waals surface area contributed by atoms with E-state index in [0.29, 0.717) is 0 Å². The maximum Gasteiger partial charge on any atom is 0.125 e. The van der Waals surface area contributed by atoms with Crippen molar-refractivity contribution in [3.8, 4) is 21.1 Å². The average molecular weight is 545 g/mol. The highest BCUT2D eigenvalue weighted by molar-refractivity contribution is 7.23. The Morgan fingerprint density at radius 1 is 0.375 bits per heavy atom. The fourth-order valence-electron chi connectivity index (χ4n) is 6.05. The lowest BCUT2D eigenvalue weighted by Gasteiger charge is -2.09. The molecule has 0 bridgehead atoms. The summed E-state index contributed by atoms with van der Waals surface area (Å²) in [6, 6.07) is 43.5. The van der Waals surface area contributed by atoms with Gasteiger partial charge in [-0.1, -0.05) is 97.1 Å². The summed E-state index contributed by atoms with van der Waals surface area (Å²) in [7, 11) is 0. The molecule has 0 saturated heterocycles. The van der Waals surface area contributed by atoms with Crippen LogP contribution in [0.1, 0.15) is 0 Å². The van der Waals surface area contributed by atoms with Gasteiger partial charge in [0.15, 0.2) is 0 Å². The molecular weight excluding hydrogens is 525 g/mol. The number of hydrogen-bond donors (Lipinski definition) is 0. The molecule has 0 fully saturated rings. The standard InChI is InChI=1S/C36H20N2S2/c1-5-13-25-21(9-1)17-22-10-2-6-14-26(22)33(25)35-37-29-19-32-30(20-31(29)39-35)38-36(40-32)34-27-15-7-3-11-23(27)18-24-12-4-8-16-28(24)34/h1-20H. The van der Waals surface area contributed by atoms with Crippen LogP contribution in [0, 0.1) is 0 Å². The van der Waals surface area contributed by atoms with Crippen LogP contribution in [0.2, 0.25) is 0 Å². The van der Waals surface area contributed by atoms with Crippen LogP contribution in [-0.4, -0.2) is 9.97 Å². The number of aromatic nitrogens is 2. The minimum atomic E-state index is 1.03. The molecule has 0 saturated carbocycles. The monoisotopic (exact) mass is 544 g/mol. The fourth-order valence-corrected chi connectivity index (χ4v) is 8.16. The quantitative estimate of drug-likeness (QED) is 0.202. The first-order chi connectivity index (χ1) is 19.8. The van der Waals surface area contributed by atoms with Gasteiger partial charge in [-0.2, -0.15) is 0 Å². The van der Waals surface area contributed by atoms with Gasteiger partial charge in [0.1, 0.15) is 10.0 Å². The number of benzene rings is 7. The van der Waals surface area contributed by atoms with Gasteiger partial charge in [-0.25, -0.2) is 9.97 Å². The fraction of sp³-hybridized carbons (Fsp3) is 0. The van der Waals surface area contributed by atoms with Crippen molar-refractivity contribution in [3.05, 3.63) is 121 Å². The maximum absolute atomic E-state index is 5.21. The van der Waals surface area contributed by atoms with Crippen LogP contribution in [-0.2, 0) is 0 Å². The van der Waals surface area contributed by atoms with E-state index in [1.165, 1.54) is 63.6 Å². The Bertz CT molecular complexity index is 2120. The lowest BCUT2D eigenvalue weighted by Crippen LogP contribution is -1.84. The highest BCUT2D eigenvalue weighted by atomic mass is 32.1. The molecule has 0 amide bonds. The van der Waals surface area contributed by atoms with Crippen LogP contribution in [0.25, 0.3) is 84.7 Å². The summed E-state index contributed by atoms with van der Waals surface area (Å²) in [5, 5.41) is 12.0. The largest absolute Gasteiger partial charge is 0.236 e. The van der Waals surface area contributed by atoms with Crippen LogP contribution in [0.4, 0.5) is 0 Å². The predicted molar refractivity (Wildman–Crippen MR) is 174 cm³/mol. The SMILES string of the molecule is c1ccc2c(-c3nc4cc5sc(-c6c7ccccc7cc7ccccc67)nc5cc4s3)c3ccccc3cc2c1. The molecule has 0 aliphatic rings. The second-order valence-electron chi connectivity index (χ2n) is 10.2. The summed E-state index contributed by atoms with van der Waals surface area (Å²) in [6.07, 6.45) is 0. The van der Waals surface area contributed by atoms with Crippen molar-refractivity contribution in [2.45, 2.75) is 0 Å². The summed E-state index contributed by atoms with van der Waals surface area (Å²) < 4.78 is 2.33. The number of thiazole rings is 2. The summed E-state index contributed by atoms with van der Waals surface area (Å²) in [5.74, 6) is 0. The summed E-state index contributed by atoms with van der Waals surface area (Å²) in [6.45, 7) is 0. The number of rotatable bonds is 2. The third kappa shape index (κ3) is 3.27. The molecule has 2 heterocycles. The van der Waals surface area contributed by atoms with Crippen molar-refractivity contribution < 1.29 is 0 Å². The Morgan fingerprint density at radius 3 is 1.05 bits per heavy atom. The molecule has 0 N–H and O–H groups in total. The van der Waals surface area contributed by atoms with E-state index >= 15 is 0 Å². The first-order valence-corrected chi connectivity index (χ1v) is 15.0. The van der Waals surface area contributed by atoms with Gasteiger partial charge in [-0.3, -0.25) is 0 Å². The summed E-state index contributed by atoms with van der Waals surface area (Å²) in [5.41, 5.74) is 4.49. The third-order valence-corrected chi connectivity index (χ3v) is 9.94. The summed E-state index contributed by atoms with van der Waals surface area (Å²) >= 11 is 3.52. The Kier molecular flexibility index (Phi) is 4.68. The average Bonchev–Trinajstić information content (AvgIpc) is 3.60. The lowest BCUT2D eigenvalue weighted by molar-refractivity contribution is 1.49. The molecule has 7 aromatic carbocycles. The van der Waals surface area contributed by atoms with E-state index in [-0.39, 0.29) is 0 Å². The molecule has 0 aliphatic carbocycles. The van der Waals surface area contributed by atoms with E-state index in [1.807, 2.05) is 0 Å². The molecule has 0 spiro atoms. The normalized spacial score (nSPS) is 12.0. The number of hydrogen-bond acceptors (Lipinski definition) is 4. The van der Waals surface area contributed by atoms with E-state index in [4.69, 9.17) is 9.97 Å². The zero-order valence-corrected chi connectivity index (χ0v) is 22.9. The van der Waals surface area contributed by atoms with Crippen molar-refractivity contribution in [1.29, 1.82) is 0 Å². The molecule has 0 atom stereocenters. The second-order valence-corrected chi connectivity index (χ2v) is 12.3. The summed E-state index contributed by atoms with van der Waals surface area (Å²) in [4.78, 5) is 10.4. The van der Waals surface area contributed by atoms with Crippen LogP contribution in [0.15, 0.2) is 121 Å². The molecule has 0 aliphatic heterocycles. The van der Waals surface area contributed by atoms with E-state index in [9.17, 15) is 0 Å². The first-order valence-electron chi connectivity index (χ1n) is 13.3. The van der Waals surface area contributed by atoms with E-state index in [1.54, 1.807) is 22.7 Å². The second kappa shape index (κ2) is 8.43. The number of fused-ring (bicyclic) bond motifs is 6. The van der Waals surface area contributed by atoms with Gasteiger partial charge < -0.3 is 0 Å². The van der Waals surface area contributed by atoms with Crippen molar-refractivity contribution in [2.75, 3.05) is 0 Å². The lowest BCUT2D eigenvalue weighted by atomic mass is 9.97. The van der Waals surface area contributed by atoms with Crippen molar-refractivity contribution >= 4 is 86.2 Å². The smallest absolute Gasteiger partial charge is 0.125 e. The van der Waals surface area contributed by atoms with E-state index in [0.717, 1.165) is 21.0 Å². The van der Waals surface area contributed by atoms with Gasteiger partial charge in [0, 0.05) is 11.1 Å². The van der Waals surface area contributed by atoms with Crippen LogP contribution in [0.5, 0.6) is 0 Å².